The molecule has 120 valence electrons. The van der Waals surface area contributed by atoms with Crippen molar-refractivity contribution in [2.45, 2.75) is 13.3 Å². The number of amides is 2. The Morgan fingerprint density at radius 2 is 1.78 bits per heavy atom. The minimum atomic E-state index is -0.501. The van der Waals surface area contributed by atoms with Crippen molar-refractivity contribution in [3.8, 4) is 0 Å². The zero-order valence-corrected chi connectivity index (χ0v) is 14.4. The summed E-state index contributed by atoms with van der Waals surface area (Å²) in [5.74, 6) is -0.501. The van der Waals surface area contributed by atoms with Crippen LogP contribution in [0.5, 0.6) is 0 Å². The van der Waals surface area contributed by atoms with Crippen LogP contribution in [0, 0.1) is 0 Å². The number of hydrogen-bond donors (Lipinski definition) is 2. The number of aryl methyl sites for hydroxylation is 1. The molecule has 0 aromatic heterocycles. The van der Waals surface area contributed by atoms with Crippen LogP contribution in [0.15, 0.2) is 46.9 Å². The van der Waals surface area contributed by atoms with Crippen LogP contribution in [0.2, 0.25) is 0 Å². The lowest BCUT2D eigenvalue weighted by molar-refractivity contribution is 0.0602. The van der Waals surface area contributed by atoms with Gasteiger partial charge in [0.15, 0.2) is 0 Å². The zero-order valence-electron chi connectivity index (χ0n) is 12.9. The van der Waals surface area contributed by atoms with E-state index in [-0.39, 0.29) is 0 Å². The molecule has 0 saturated carbocycles. The maximum absolute atomic E-state index is 12.2. The van der Waals surface area contributed by atoms with Gasteiger partial charge in [-0.2, -0.15) is 0 Å². The van der Waals surface area contributed by atoms with Gasteiger partial charge in [-0.05, 0) is 42.3 Å². The number of methoxy groups -OCH3 is 1. The van der Waals surface area contributed by atoms with E-state index in [1.807, 2.05) is 25.1 Å². The quantitative estimate of drug-likeness (QED) is 0.774. The molecule has 0 saturated heterocycles. The minimum absolute atomic E-state index is 0.302. The van der Waals surface area contributed by atoms with Gasteiger partial charge in [-0.1, -0.05) is 35.0 Å². The molecule has 5 nitrogen and oxygen atoms in total. The Morgan fingerprint density at radius 3 is 2.48 bits per heavy atom. The summed E-state index contributed by atoms with van der Waals surface area (Å²) < 4.78 is 5.67. The number of para-hydroxylation sites is 1. The van der Waals surface area contributed by atoms with Gasteiger partial charge in [0.25, 0.3) is 0 Å². The molecule has 0 fully saturated rings. The lowest BCUT2D eigenvalue weighted by atomic mass is 10.1. The molecule has 0 spiro atoms. The number of benzene rings is 2. The Labute approximate surface area is 143 Å². The number of carbonyl (C=O) groups is 2. The standard InChI is InChI=1S/C17H17BrN2O3/c1-3-11-10-12(18)8-9-14(11)19-17(22)20-15-7-5-4-6-13(15)16(21)23-2/h4-10H,3H2,1-2H3,(H2,19,20,22). The van der Waals surface area contributed by atoms with Crippen LogP contribution in [0.3, 0.4) is 0 Å². The minimum Gasteiger partial charge on any atom is -0.465 e. The highest BCUT2D eigenvalue weighted by Crippen LogP contribution is 2.22. The van der Waals surface area contributed by atoms with E-state index >= 15 is 0 Å². The molecule has 23 heavy (non-hydrogen) atoms. The van der Waals surface area contributed by atoms with Crippen molar-refractivity contribution in [2.24, 2.45) is 0 Å². The third-order valence-corrected chi connectivity index (χ3v) is 3.77. The number of anilines is 2. The van der Waals surface area contributed by atoms with Crippen molar-refractivity contribution in [2.75, 3.05) is 17.7 Å². The summed E-state index contributed by atoms with van der Waals surface area (Å²) in [5.41, 5.74) is 2.43. The Bertz CT molecular complexity index is 732. The van der Waals surface area contributed by atoms with Gasteiger partial charge in [-0.3, -0.25) is 0 Å². The molecule has 0 aliphatic carbocycles. The first kappa shape index (κ1) is 17.0. The van der Waals surface area contributed by atoms with Crippen LogP contribution < -0.4 is 10.6 Å². The van der Waals surface area contributed by atoms with Crippen LogP contribution in [0.1, 0.15) is 22.8 Å². The van der Waals surface area contributed by atoms with Gasteiger partial charge >= 0.3 is 12.0 Å². The average Bonchev–Trinajstić information content (AvgIpc) is 2.56. The number of halogens is 1. The summed E-state index contributed by atoms with van der Waals surface area (Å²) in [7, 11) is 1.30. The van der Waals surface area contributed by atoms with E-state index in [1.165, 1.54) is 7.11 Å². The van der Waals surface area contributed by atoms with Crippen molar-refractivity contribution < 1.29 is 14.3 Å². The fourth-order valence-corrected chi connectivity index (χ4v) is 2.54. The van der Waals surface area contributed by atoms with Gasteiger partial charge in [-0.15, -0.1) is 0 Å². The lowest BCUT2D eigenvalue weighted by Gasteiger charge is -2.13. The second kappa shape index (κ2) is 7.78. The van der Waals surface area contributed by atoms with Crippen molar-refractivity contribution in [3.05, 3.63) is 58.1 Å². The lowest BCUT2D eigenvalue weighted by Crippen LogP contribution is -2.21. The van der Waals surface area contributed by atoms with E-state index in [0.717, 1.165) is 22.1 Å². The first-order valence-electron chi connectivity index (χ1n) is 7.09. The van der Waals surface area contributed by atoms with E-state index in [1.54, 1.807) is 24.3 Å². The first-order valence-corrected chi connectivity index (χ1v) is 7.88. The highest BCUT2D eigenvalue weighted by Gasteiger charge is 2.13. The highest BCUT2D eigenvalue weighted by molar-refractivity contribution is 9.10. The fourth-order valence-electron chi connectivity index (χ4n) is 2.13. The molecule has 2 aromatic rings. The van der Waals surface area contributed by atoms with Gasteiger partial charge < -0.3 is 15.4 Å². The molecule has 0 unspecified atom stereocenters. The summed E-state index contributed by atoms with van der Waals surface area (Å²) in [6.07, 6.45) is 0.786. The van der Waals surface area contributed by atoms with Crippen LogP contribution in [0.4, 0.5) is 16.2 Å². The summed E-state index contributed by atoms with van der Waals surface area (Å²) in [4.78, 5) is 23.9. The maximum atomic E-state index is 12.2. The predicted octanol–water partition coefficient (Wildman–Crippen LogP) is 4.44. The molecule has 6 heteroatoms. The van der Waals surface area contributed by atoms with Crippen molar-refractivity contribution in [3.63, 3.8) is 0 Å². The number of urea groups is 1. The van der Waals surface area contributed by atoms with Crippen molar-refractivity contribution >= 4 is 39.3 Å². The molecule has 0 aliphatic rings. The molecule has 0 heterocycles. The Balaban J connectivity index is 2.16. The van der Waals surface area contributed by atoms with E-state index < -0.39 is 12.0 Å². The van der Waals surface area contributed by atoms with Gasteiger partial charge in [0.2, 0.25) is 0 Å². The van der Waals surface area contributed by atoms with Gasteiger partial charge in [0.1, 0.15) is 0 Å². The fraction of sp³-hybridized carbons (Fsp3) is 0.176. The van der Waals surface area contributed by atoms with E-state index in [9.17, 15) is 9.59 Å². The Hall–Kier alpha value is -2.34. The number of carbonyl (C=O) groups excluding carboxylic acids is 2. The molecule has 2 N–H and O–H groups in total. The van der Waals surface area contributed by atoms with Gasteiger partial charge in [0.05, 0.1) is 18.4 Å². The third kappa shape index (κ3) is 4.32. The normalized spacial score (nSPS) is 10.0. The monoisotopic (exact) mass is 376 g/mol. The number of ether oxygens (including phenoxy) is 1. The maximum Gasteiger partial charge on any atom is 0.339 e. The van der Waals surface area contributed by atoms with Gasteiger partial charge in [-0.25, -0.2) is 9.59 Å². The van der Waals surface area contributed by atoms with E-state index in [0.29, 0.717) is 11.3 Å². The molecule has 0 aliphatic heterocycles. The molecule has 0 bridgehead atoms. The molecular formula is C17H17BrN2O3. The largest absolute Gasteiger partial charge is 0.465 e. The predicted molar refractivity (Wildman–Crippen MR) is 93.9 cm³/mol. The van der Waals surface area contributed by atoms with Crippen molar-refractivity contribution in [1.82, 2.24) is 0 Å². The number of rotatable bonds is 4. The van der Waals surface area contributed by atoms with Crippen molar-refractivity contribution in [1.29, 1.82) is 0 Å². The second-order valence-corrected chi connectivity index (χ2v) is 5.69. The Kier molecular flexibility index (Phi) is 5.76. The van der Waals surface area contributed by atoms with Crippen LogP contribution in [-0.4, -0.2) is 19.1 Å². The molecule has 2 amide bonds. The van der Waals surface area contributed by atoms with Crippen LogP contribution >= 0.6 is 15.9 Å². The number of nitrogens with one attached hydrogen (secondary N) is 2. The van der Waals surface area contributed by atoms with Crippen LogP contribution in [-0.2, 0) is 11.2 Å². The van der Waals surface area contributed by atoms with Gasteiger partial charge in [0, 0.05) is 10.2 Å². The molecule has 0 atom stereocenters. The number of esters is 1. The van der Waals surface area contributed by atoms with E-state index in [4.69, 9.17) is 4.74 Å². The summed E-state index contributed by atoms with van der Waals surface area (Å²) >= 11 is 3.41. The zero-order chi connectivity index (χ0) is 16.8. The Morgan fingerprint density at radius 1 is 1.09 bits per heavy atom. The molecule has 2 aromatic carbocycles. The van der Waals surface area contributed by atoms with E-state index in [2.05, 4.69) is 26.6 Å². The summed E-state index contributed by atoms with van der Waals surface area (Å²) in [5, 5.41) is 5.48. The number of hydrogen-bond acceptors (Lipinski definition) is 3. The third-order valence-electron chi connectivity index (χ3n) is 3.28. The van der Waals surface area contributed by atoms with Crippen LogP contribution in [0.25, 0.3) is 0 Å². The summed E-state index contributed by atoms with van der Waals surface area (Å²) in [6, 6.07) is 11.9. The average molecular weight is 377 g/mol. The second-order valence-electron chi connectivity index (χ2n) is 4.77. The first-order chi connectivity index (χ1) is 11.0. The molecule has 2 rings (SSSR count). The SMILES string of the molecule is CCc1cc(Br)ccc1NC(=O)Nc1ccccc1C(=O)OC. The smallest absolute Gasteiger partial charge is 0.339 e. The molecular weight excluding hydrogens is 360 g/mol. The highest BCUT2D eigenvalue weighted by atomic mass is 79.9. The summed E-state index contributed by atoms with van der Waals surface area (Å²) in [6.45, 7) is 2.01. The molecule has 0 radical (unpaired) electrons. The topological polar surface area (TPSA) is 67.4 Å².